The summed E-state index contributed by atoms with van der Waals surface area (Å²) in [5, 5.41) is 17.8. The molecule has 21 heavy (non-hydrogen) atoms. The highest BCUT2D eigenvalue weighted by atomic mass is 32.1. The van der Waals surface area contributed by atoms with Crippen LogP contribution in [-0.4, -0.2) is 17.6 Å². The standard InChI is InChI=1S/C16H27N3OS/c1-16(2,15(17)19-20)9-3-4-10-18-13-6-5-7-14-12(13)8-11-21-14/h8,11,13,18,20H,3-7,9-10H2,1-2H3,(H2,17,19). The number of rotatable bonds is 7. The minimum atomic E-state index is -0.222. The summed E-state index contributed by atoms with van der Waals surface area (Å²) in [7, 11) is 0. The largest absolute Gasteiger partial charge is 0.409 e. The van der Waals surface area contributed by atoms with Crippen molar-refractivity contribution in [1.82, 2.24) is 5.32 Å². The molecule has 0 bridgehead atoms. The molecule has 118 valence electrons. The fourth-order valence-corrected chi connectivity index (χ4v) is 3.92. The van der Waals surface area contributed by atoms with Crippen LogP contribution in [-0.2, 0) is 6.42 Å². The Labute approximate surface area is 131 Å². The molecule has 0 aliphatic heterocycles. The van der Waals surface area contributed by atoms with Gasteiger partial charge in [-0.3, -0.25) is 0 Å². The van der Waals surface area contributed by atoms with Crippen molar-refractivity contribution in [2.75, 3.05) is 6.54 Å². The van der Waals surface area contributed by atoms with Gasteiger partial charge in [-0.05, 0) is 55.7 Å². The van der Waals surface area contributed by atoms with Gasteiger partial charge in [0.25, 0.3) is 0 Å². The molecule has 0 spiro atoms. The van der Waals surface area contributed by atoms with E-state index in [1.54, 1.807) is 4.88 Å². The van der Waals surface area contributed by atoms with Crippen LogP contribution < -0.4 is 11.1 Å². The molecule has 1 aliphatic carbocycles. The Morgan fingerprint density at radius 2 is 2.33 bits per heavy atom. The normalized spacial score (nSPS) is 19.5. The van der Waals surface area contributed by atoms with Gasteiger partial charge in [0.05, 0.1) is 0 Å². The Morgan fingerprint density at radius 1 is 1.52 bits per heavy atom. The van der Waals surface area contributed by atoms with Gasteiger partial charge >= 0.3 is 0 Å². The van der Waals surface area contributed by atoms with Crippen molar-refractivity contribution < 1.29 is 5.21 Å². The van der Waals surface area contributed by atoms with E-state index < -0.39 is 0 Å². The molecule has 1 aromatic heterocycles. The van der Waals surface area contributed by atoms with Crippen LogP contribution in [0.5, 0.6) is 0 Å². The summed E-state index contributed by atoms with van der Waals surface area (Å²) in [6.07, 6.45) is 6.94. The maximum Gasteiger partial charge on any atom is 0.144 e. The fourth-order valence-electron chi connectivity index (χ4n) is 2.93. The molecule has 1 unspecified atom stereocenters. The predicted molar refractivity (Wildman–Crippen MR) is 89.0 cm³/mol. The second-order valence-corrected chi connectivity index (χ2v) is 7.52. The average molecular weight is 309 g/mol. The van der Waals surface area contributed by atoms with Crippen LogP contribution in [0.3, 0.4) is 0 Å². The van der Waals surface area contributed by atoms with E-state index in [-0.39, 0.29) is 5.41 Å². The van der Waals surface area contributed by atoms with Gasteiger partial charge in [0.15, 0.2) is 0 Å². The van der Waals surface area contributed by atoms with Crippen LogP contribution in [0.1, 0.15) is 62.4 Å². The second kappa shape index (κ2) is 7.27. The monoisotopic (exact) mass is 309 g/mol. The molecule has 4 nitrogen and oxygen atoms in total. The third-order valence-corrected chi connectivity index (χ3v) is 5.47. The van der Waals surface area contributed by atoms with Crippen molar-refractivity contribution in [2.24, 2.45) is 16.3 Å². The summed E-state index contributed by atoms with van der Waals surface area (Å²) in [6, 6.07) is 2.82. The van der Waals surface area contributed by atoms with Crippen LogP contribution in [0.15, 0.2) is 16.6 Å². The number of unbranched alkanes of at least 4 members (excludes halogenated alkanes) is 1. The average Bonchev–Trinajstić information content (AvgIpc) is 2.95. The summed E-state index contributed by atoms with van der Waals surface area (Å²) in [6.45, 7) is 5.08. The van der Waals surface area contributed by atoms with Crippen LogP contribution in [0.25, 0.3) is 0 Å². The van der Waals surface area contributed by atoms with Gasteiger partial charge in [-0.2, -0.15) is 0 Å². The van der Waals surface area contributed by atoms with E-state index in [0.29, 0.717) is 11.9 Å². The zero-order valence-electron chi connectivity index (χ0n) is 13.1. The van der Waals surface area contributed by atoms with Crippen LogP contribution in [0.4, 0.5) is 0 Å². The third-order valence-electron chi connectivity index (χ3n) is 4.47. The molecule has 0 radical (unpaired) electrons. The highest BCUT2D eigenvalue weighted by molar-refractivity contribution is 7.10. The lowest BCUT2D eigenvalue weighted by atomic mass is 9.86. The topological polar surface area (TPSA) is 70.6 Å². The number of thiophene rings is 1. The molecule has 1 aliphatic rings. The van der Waals surface area contributed by atoms with Crippen LogP contribution >= 0.6 is 11.3 Å². The molecule has 0 saturated carbocycles. The number of hydrogen-bond donors (Lipinski definition) is 3. The molecule has 5 heteroatoms. The fraction of sp³-hybridized carbons (Fsp3) is 0.688. The van der Waals surface area contributed by atoms with Crippen molar-refractivity contribution in [3.05, 3.63) is 21.9 Å². The molecule has 0 aromatic carbocycles. The summed E-state index contributed by atoms with van der Waals surface area (Å²) in [5.41, 5.74) is 7.00. The number of oxime groups is 1. The number of nitrogens with zero attached hydrogens (tertiary/aromatic N) is 1. The Bertz CT molecular complexity index is 482. The highest BCUT2D eigenvalue weighted by Crippen LogP contribution is 2.33. The highest BCUT2D eigenvalue weighted by Gasteiger charge is 2.23. The zero-order valence-corrected chi connectivity index (χ0v) is 13.9. The van der Waals surface area contributed by atoms with Gasteiger partial charge in [-0.25, -0.2) is 0 Å². The van der Waals surface area contributed by atoms with Crippen LogP contribution in [0.2, 0.25) is 0 Å². The van der Waals surface area contributed by atoms with E-state index in [0.717, 1.165) is 25.8 Å². The zero-order chi connectivity index (χ0) is 15.3. The van der Waals surface area contributed by atoms with Gasteiger partial charge in [-0.1, -0.05) is 25.4 Å². The second-order valence-electron chi connectivity index (χ2n) is 6.52. The first kappa shape index (κ1) is 16.3. The molecular formula is C16H27N3OS. The van der Waals surface area contributed by atoms with E-state index in [4.69, 9.17) is 10.9 Å². The summed E-state index contributed by atoms with van der Waals surface area (Å²) in [5.74, 6) is 0.325. The van der Waals surface area contributed by atoms with Crippen LogP contribution in [0, 0.1) is 5.41 Å². The van der Waals surface area contributed by atoms with Crippen molar-refractivity contribution in [1.29, 1.82) is 0 Å². The summed E-state index contributed by atoms with van der Waals surface area (Å²) in [4.78, 5) is 1.56. The van der Waals surface area contributed by atoms with E-state index in [1.165, 1.54) is 24.8 Å². The molecule has 1 atom stereocenters. The molecule has 2 rings (SSSR count). The quantitative estimate of drug-likeness (QED) is 0.237. The molecular weight excluding hydrogens is 282 g/mol. The van der Waals surface area contributed by atoms with Crippen molar-refractivity contribution in [2.45, 2.75) is 58.4 Å². The van der Waals surface area contributed by atoms with Crippen molar-refractivity contribution in [3.8, 4) is 0 Å². The first-order chi connectivity index (χ1) is 10.0. The Balaban J connectivity index is 1.70. The minimum Gasteiger partial charge on any atom is -0.409 e. The first-order valence-electron chi connectivity index (χ1n) is 7.82. The van der Waals surface area contributed by atoms with Gasteiger partial charge in [0, 0.05) is 16.3 Å². The maximum atomic E-state index is 8.77. The van der Waals surface area contributed by atoms with E-state index >= 15 is 0 Å². The lowest BCUT2D eigenvalue weighted by Crippen LogP contribution is -2.32. The maximum absolute atomic E-state index is 8.77. The number of hydrogen-bond acceptors (Lipinski definition) is 4. The van der Waals surface area contributed by atoms with Gasteiger partial charge in [-0.15, -0.1) is 11.3 Å². The minimum absolute atomic E-state index is 0.222. The SMILES string of the molecule is CC(C)(CCCCNC1CCCc2sccc21)/C(N)=N/O. The van der Waals surface area contributed by atoms with Crippen molar-refractivity contribution >= 4 is 17.2 Å². The Kier molecular flexibility index (Phi) is 5.65. The third kappa shape index (κ3) is 4.20. The number of nitrogens with two attached hydrogens (primary N) is 1. The Hall–Kier alpha value is -1.07. The van der Waals surface area contributed by atoms with E-state index in [1.807, 2.05) is 25.2 Å². The van der Waals surface area contributed by atoms with Gasteiger partial charge in [0.2, 0.25) is 0 Å². The van der Waals surface area contributed by atoms with Crippen molar-refractivity contribution in [3.63, 3.8) is 0 Å². The number of aryl methyl sites for hydroxylation is 1. The molecule has 0 amide bonds. The Morgan fingerprint density at radius 3 is 3.10 bits per heavy atom. The molecule has 1 aromatic rings. The van der Waals surface area contributed by atoms with E-state index in [9.17, 15) is 0 Å². The lowest BCUT2D eigenvalue weighted by molar-refractivity contribution is 0.304. The number of amidine groups is 1. The molecule has 0 saturated heterocycles. The number of nitrogens with one attached hydrogen (secondary N) is 1. The lowest BCUT2D eigenvalue weighted by Gasteiger charge is -2.25. The van der Waals surface area contributed by atoms with E-state index in [2.05, 4.69) is 21.9 Å². The van der Waals surface area contributed by atoms with Gasteiger partial charge < -0.3 is 16.3 Å². The summed E-state index contributed by atoms with van der Waals surface area (Å²) >= 11 is 1.89. The smallest absolute Gasteiger partial charge is 0.144 e. The molecule has 1 heterocycles. The van der Waals surface area contributed by atoms with Gasteiger partial charge in [0.1, 0.15) is 5.84 Å². The first-order valence-corrected chi connectivity index (χ1v) is 8.70. The number of fused-ring (bicyclic) bond motifs is 1. The summed E-state index contributed by atoms with van der Waals surface area (Å²) < 4.78 is 0. The molecule has 4 N–H and O–H groups in total. The predicted octanol–water partition coefficient (Wildman–Crippen LogP) is 3.66. The molecule has 0 fully saturated rings.